The zero-order chi connectivity index (χ0) is 14.7. The summed E-state index contributed by atoms with van der Waals surface area (Å²) in [6.45, 7) is 11.2. The number of nitrogens with one attached hydrogen (secondary N) is 1. The number of Topliss-reactive ketones (excluding diaryl/α,β-unsaturated/α-hetero) is 1. The monoisotopic (exact) mass is 281 g/mol. The van der Waals surface area contributed by atoms with E-state index in [1.165, 1.54) is 0 Å². The molecule has 0 fully saturated rings. The maximum atomic E-state index is 12.1. The van der Waals surface area contributed by atoms with Gasteiger partial charge < -0.3 is 5.32 Å². The van der Waals surface area contributed by atoms with E-state index in [4.69, 9.17) is 11.6 Å². The third kappa shape index (κ3) is 6.22. The van der Waals surface area contributed by atoms with Gasteiger partial charge in [-0.15, -0.1) is 0 Å². The molecule has 0 amide bonds. The molecule has 0 heterocycles. The first kappa shape index (κ1) is 16.2. The van der Waals surface area contributed by atoms with E-state index in [0.717, 1.165) is 6.42 Å². The van der Waals surface area contributed by atoms with Gasteiger partial charge in [0.1, 0.15) is 0 Å². The lowest BCUT2D eigenvalue weighted by Crippen LogP contribution is -2.44. The highest BCUT2D eigenvalue weighted by atomic mass is 35.5. The van der Waals surface area contributed by atoms with Crippen LogP contribution in [0.1, 0.15) is 51.4 Å². The molecule has 106 valence electrons. The number of carbonyl (C=O) groups excluding carboxylic acids is 1. The predicted molar refractivity (Wildman–Crippen MR) is 81.9 cm³/mol. The molecule has 0 bridgehead atoms. The summed E-state index contributed by atoms with van der Waals surface area (Å²) in [4.78, 5) is 12.1. The molecule has 0 aromatic heterocycles. The maximum absolute atomic E-state index is 12.1. The lowest BCUT2D eigenvalue weighted by molar-refractivity contribution is 0.0973. The van der Waals surface area contributed by atoms with Gasteiger partial charge in [-0.25, -0.2) is 0 Å². The summed E-state index contributed by atoms with van der Waals surface area (Å²) in [5.41, 5.74) is 0.878. The van der Waals surface area contributed by atoms with Crippen LogP contribution in [-0.4, -0.2) is 17.9 Å². The van der Waals surface area contributed by atoms with Gasteiger partial charge >= 0.3 is 0 Å². The van der Waals surface area contributed by atoms with Crippen molar-refractivity contribution in [1.29, 1.82) is 0 Å². The van der Waals surface area contributed by atoms with Crippen LogP contribution in [0.25, 0.3) is 0 Å². The summed E-state index contributed by atoms with van der Waals surface area (Å²) >= 11 is 5.81. The number of benzene rings is 1. The summed E-state index contributed by atoms with van der Waals surface area (Å²) in [6.07, 6.45) is 1.01. The Bertz CT molecular complexity index is 429. The SMILES string of the molecule is CC(C)(C)CC(C)(C)NCC(=O)c1ccc(Cl)cc1. The summed E-state index contributed by atoms with van der Waals surface area (Å²) < 4.78 is 0. The summed E-state index contributed by atoms with van der Waals surface area (Å²) in [5, 5.41) is 4.00. The average Bonchev–Trinajstić information content (AvgIpc) is 2.24. The van der Waals surface area contributed by atoms with Crippen LogP contribution in [0.15, 0.2) is 24.3 Å². The Labute approximate surface area is 121 Å². The molecular weight excluding hydrogens is 258 g/mol. The fourth-order valence-corrected chi connectivity index (χ4v) is 2.57. The number of carbonyl (C=O) groups is 1. The minimum absolute atomic E-state index is 0.0552. The normalized spacial score (nSPS) is 12.5. The zero-order valence-electron chi connectivity index (χ0n) is 12.5. The molecule has 0 radical (unpaired) electrons. The number of halogens is 1. The van der Waals surface area contributed by atoms with Crippen molar-refractivity contribution >= 4 is 17.4 Å². The first-order valence-corrected chi connectivity index (χ1v) is 7.01. The van der Waals surface area contributed by atoms with E-state index in [9.17, 15) is 4.79 Å². The van der Waals surface area contributed by atoms with Crippen molar-refractivity contribution in [3.63, 3.8) is 0 Å². The lowest BCUT2D eigenvalue weighted by Gasteiger charge is -2.33. The summed E-state index contributed by atoms with van der Waals surface area (Å²) in [5.74, 6) is 0.0960. The molecule has 1 aromatic carbocycles. The third-order valence-electron chi connectivity index (χ3n) is 2.87. The van der Waals surface area contributed by atoms with E-state index in [1.807, 2.05) is 0 Å². The highest BCUT2D eigenvalue weighted by molar-refractivity contribution is 6.30. The Kier molecular flexibility index (Phi) is 5.17. The predicted octanol–water partition coefficient (Wildman–Crippen LogP) is 4.33. The van der Waals surface area contributed by atoms with E-state index in [0.29, 0.717) is 17.1 Å². The topological polar surface area (TPSA) is 29.1 Å². The van der Waals surface area contributed by atoms with Crippen LogP contribution in [0, 0.1) is 5.41 Å². The fraction of sp³-hybridized carbons (Fsp3) is 0.562. The number of rotatable bonds is 5. The zero-order valence-corrected chi connectivity index (χ0v) is 13.3. The Morgan fingerprint density at radius 3 is 2.11 bits per heavy atom. The van der Waals surface area contributed by atoms with Gasteiger partial charge in [0.15, 0.2) is 5.78 Å². The summed E-state index contributed by atoms with van der Waals surface area (Å²) in [6, 6.07) is 7.02. The van der Waals surface area contributed by atoms with E-state index < -0.39 is 0 Å². The van der Waals surface area contributed by atoms with Crippen LogP contribution >= 0.6 is 11.6 Å². The molecule has 2 nitrogen and oxygen atoms in total. The van der Waals surface area contributed by atoms with Crippen molar-refractivity contribution < 1.29 is 4.79 Å². The van der Waals surface area contributed by atoms with Crippen molar-refractivity contribution in [3.8, 4) is 0 Å². The molecule has 0 saturated carbocycles. The van der Waals surface area contributed by atoms with Gasteiger partial charge in [-0.3, -0.25) is 4.79 Å². The van der Waals surface area contributed by atoms with Gasteiger partial charge in [0, 0.05) is 16.1 Å². The van der Waals surface area contributed by atoms with Gasteiger partial charge in [-0.1, -0.05) is 32.4 Å². The van der Waals surface area contributed by atoms with E-state index in [-0.39, 0.29) is 16.7 Å². The van der Waals surface area contributed by atoms with Crippen molar-refractivity contribution in [2.75, 3.05) is 6.54 Å². The molecule has 0 saturated heterocycles. The minimum Gasteiger partial charge on any atom is -0.305 e. The minimum atomic E-state index is -0.0552. The molecule has 0 atom stereocenters. The molecule has 19 heavy (non-hydrogen) atoms. The van der Waals surface area contributed by atoms with Crippen LogP contribution in [0.2, 0.25) is 5.02 Å². The van der Waals surface area contributed by atoms with Gasteiger partial charge in [0.05, 0.1) is 6.54 Å². The first-order valence-electron chi connectivity index (χ1n) is 6.63. The summed E-state index contributed by atoms with van der Waals surface area (Å²) in [7, 11) is 0. The molecule has 0 aliphatic heterocycles. The highest BCUT2D eigenvalue weighted by Crippen LogP contribution is 2.26. The van der Waals surface area contributed by atoms with Crippen LogP contribution in [0.3, 0.4) is 0 Å². The Balaban J connectivity index is 2.56. The Morgan fingerprint density at radius 2 is 1.63 bits per heavy atom. The van der Waals surface area contributed by atoms with Crippen LogP contribution < -0.4 is 5.32 Å². The fourth-order valence-electron chi connectivity index (χ4n) is 2.45. The molecule has 0 aliphatic carbocycles. The van der Waals surface area contributed by atoms with E-state index in [2.05, 4.69) is 39.9 Å². The Hall–Kier alpha value is -0.860. The number of ketones is 1. The van der Waals surface area contributed by atoms with Gasteiger partial charge in [0.25, 0.3) is 0 Å². The smallest absolute Gasteiger partial charge is 0.176 e. The van der Waals surface area contributed by atoms with Crippen LogP contribution in [-0.2, 0) is 0 Å². The first-order chi connectivity index (χ1) is 8.59. The highest BCUT2D eigenvalue weighted by Gasteiger charge is 2.25. The van der Waals surface area contributed by atoms with Gasteiger partial charge in [-0.05, 0) is 49.9 Å². The third-order valence-corrected chi connectivity index (χ3v) is 3.12. The number of hydrogen-bond donors (Lipinski definition) is 1. The van der Waals surface area contributed by atoms with Gasteiger partial charge in [-0.2, -0.15) is 0 Å². The largest absolute Gasteiger partial charge is 0.305 e. The van der Waals surface area contributed by atoms with Crippen molar-refractivity contribution in [2.24, 2.45) is 5.41 Å². The second-order valence-electron chi connectivity index (χ2n) is 6.90. The quantitative estimate of drug-likeness (QED) is 0.814. The molecular formula is C16H24ClNO. The Morgan fingerprint density at radius 1 is 1.11 bits per heavy atom. The molecule has 0 unspecified atom stereocenters. The lowest BCUT2D eigenvalue weighted by atomic mass is 9.82. The molecule has 1 aromatic rings. The van der Waals surface area contributed by atoms with Crippen LogP contribution in [0.4, 0.5) is 0 Å². The van der Waals surface area contributed by atoms with Gasteiger partial charge in [0.2, 0.25) is 0 Å². The maximum Gasteiger partial charge on any atom is 0.176 e. The second kappa shape index (κ2) is 6.06. The average molecular weight is 282 g/mol. The second-order valence-corrected chi connectivity index (χ2v) is 7.34. The molecule has 0 spiro atoms. The standard InChI is InChI=1S/C16H24ClNO/c1-15(2,3)11-16(4,5)18-10-14(19)12-6-8-13(17)9-7-12/h6-9,18H,10-11H2,1-5H3. The van der Waals surface area contributed by atoms with Crippen molar-refractivity contribution in [3.05, 3.63) is 34.9 Å². The van der Waals surface area contributed by atoms with E-state index in [1.54, 1.807) is 24.3 Å². The number of hydrogen-bond acceptors (Lipinski definition) is 2. The van der Waals surface area contributed by atoms with Crippen molar-refractivity contribution in [2.45, 2.75) is 46.6 Å². The molecule has 1 rings (SSSR count). The van der Waals surface area contributed by atoms with Crippen LogP contribution in [0.5, 0.6) is 0 Å². The van der Waals surface area contributed by atoms with E-state index >= 15 is 0 Å². The molecule has 0 aliphatic rings. The van der Waals surface area contributed by atoms with Crippen molar-refractivity contribution in [1.82, 2.24) is 5.32 Å². The molecule has 1 N–H and O–H groups in total. The molecule has 3 heteroatoms.